The summed E-state index contributed by atoms with van der Waals surface area (Å²) in [6, 6.07) is 1.68. The van der Waals surface area contributed by atoms with Gasteiger partial charge in [0.2, 0.25) is 0 Å². The van der Waals surface area contributed by atoms with Crippen molar-refractivity contribution in [2.24, 2.45) is 0 Å². The van der Waals surface area contributed by atoms with Crippen molar-refractivity contribution in [1.29, 1.82) is 5.26 Å². The summed E-state index contributed by atoms with van der Waals surface area (Å²) in [5, 5.41) is 18.7. The first-order chi connectivity index (χ1) is 4.34. The van der Waals surface area contributed by atoms with Gasteiger partial charge in [-0.05, 0) is 0 Å². The number of aromatic nitrogens is 2. The zero-order valence-corrected chi connectivity index (χ0v) is 4.48. The van der Waals surface area contributed by atoms with Gasteiger partial charge < -0.3 is 5.21 Å². The van der Waals surface area contributed by atoms with Gasteiger partial charge in [0, 0.05) is 0 Å². The van der Waals surface area contributed by atoms with Crippen LogP contribution in [-0.4, -0.2) is 4.98 Å². The second-order valence-electron chi connectivity index (χ2n) is 1.40. The van der Waals surface area contributed by atoms with Crippen LogP contribution < -0.4 is 4.73 Å². The minimum Gasteiger partial charge on any atom is -0.618 e. The van der Waals surface area contributed by atoms with Gasteiger partial charge in [0.15, 0.2) is 12.3 Å². The highest BCUT2D eigenvalue weighted by atomic mass is 16.5. The first-order valence-electron chi connectivity index (χ1n) is 2.28. The normalized spacial score (nSPS) is 8.33. The molecule has 0 unspecified atom stereocenters. The summed E-state index contributed by atoms with van der Waals surface area (Å²) in [5.41, 5.74) is 0.0116. The molecule has 0 bridgehead atoms. The number of rotatable bonds is 0. The largest absolute Gasteiger partial charge is 0.618 e. The van der Waals surface area contributed by atoms with Crippen LogP contribution in [0.15, 0.2) is 18.6 Å². The Morgan fingerprint density at radius 3 is 3.00 bits per heavy atom. The molecular weight excluding hydrogens is 118 g/mol. The lowest BCUT2D eigenvalue weighted by Crippen LogP contribution is -2.29. The van der Waals surface area contributed by atoms with Gasteiger partial charge in [-0.3, -0.25) is 4.98 Å². The van der Waals surface area contributed by atoms with Gasteiger partial charge in [-0.2, -0.15) is 9.99 Å². The zero-order chi connectivity index (χ0) is 6.69. The second-order valence-corrected chi connectivity index (χ2v) is 1.40. The van der Waals surface area contributed by atoms with E-state index in [1.165, 1.54) is 18.6 Å². The van der Waals surface area contributed by atoms with Gasteiger partial charge >= 0.3 is 5.69 Å². The Kier molecular flexibility index (Phi) is 1.28. The summed E-state index contributed by atoms with van der Waals surface area (Å²) < 4.78 is 0.465. The third-order valence-corrected chi connectivity index (χ3v) is 0.837. The van der Waals surface area contributed by atoms with E-state index in [0.29, 0.717) is 4.73 Å². The molecular formula is C5H3N3O. The lowest BCUT2D eigenvalue weighted by molar-refractivity contribution is -0.608. The molecule has 0 atom stereocenters. The van der Waals surface area contributed by atoms with Crippen molar-refractivity contribution >= 4 is 0 Å². The fraction of sp³-hybridized carbons (Fsp3) is 0. The molecule has 4 heteroatoms. The summed E-state index contributed by atoms with van der Waals surface area (Å²) in [5.74, 6) is 0. The van der Waals surface area contributed by atoms with E-state index >= 15 is 0 Å². The van der Waals surface area contributed by atoms with Crippen LogP contribution in [0.4, 0.5) is 0 Å². The zero-order valence-electron chi connectivity index (χ0n) is 4.48. The maximum atomic E-state index is 10.5. The monoisotopic (exact) mass is 121 g/mol. The summed E-state index contributed by atoms with van der Waals surface area (Å²) in [6.07, 6.45) is 3.72. The van der Waals surface area contributed by atoms with E-state index in [9.17, 15) is 5.21 Å². The van der Waals surface area contributed by atoms with Crippen LogP contribution in [0.25, 0.3) is 0 Å². The van der Waals surface area contributed by atoms with Crippen molar-refractivity contribution in [3.63, 3.8) is 0 Å². The fourth-order valence-corrected chi connectivity index (χ4v) is 0.428. The van der Waals surface area contributed by atoms with E-state index in [1.807, 2.05) is 0 Å². The Labute approximate surface area is 51.6 Å². The average Bonchev–Trinajstić information content (AvgIpc) is 1.89. The molecule has 0 N–H and O–H groups in total. The van der Waals surface area contributed by atoms with Gasteiger partial charge in [0.05, 0.1) is 6.20 Å². The van der Waals surface area contributed by atoms with Crippen LogP contribution in [0, 0.1) is 16.5 Å². The van der Waals surface area contributed by atoms with Crippen LogP contribution in [0.3, 0.4) is 0 Å². The molecule has 0 saturated heterocycles. The molecule has 0 fully saturated rings. The van der Waals surface area contributed by atoms with Crippen molar-refractivity contribution in [2.75, 3.05) is 0 Å². The predicted octanol–water partition coefficient (Wildman–Crippen LogP) is -0.413. The predicted molar refractivity (Wildman–Crippen MR) is 27.9 cm³/mol. The smallest absolute Gasteiger partial charge is 0.313 e. The molecule has 0 spiro atoms. The summed E-state index contributed by atoms with van der Waals surface area (Å²) in [4.78, 5) is 3.57. The first-order valence-corrected chi connectivity index (χ1v) is 2.28. The number of nitriles is 1. The molecule has 1 aromatic rings. The molecule has 0 aliphatic rings. The average molecular weight is 121 g/mol. The molecule has 9 heavy (non-hydrogen) atoms. The van der Waals surface area contributed by atoms with Crippen LogP contribution in [0.5, 0.6) is 0 Å². The quantitative estimate of drug-likeness (QED) is 0.346. The maximum Gasteiger partial charge on any atom is 0.313 e. The number of hydrogen-bond acceptors (Lipinski definition) is 3. The molecule has 0 saturated carbocycles. The van der Waals surface area contributed by atoms with Crippen molar-refractivity contribution < 1.29 is 4.73 Å². The summed E-state index contributed by atoms with van der Waals surface area (Å²) >= 11 is 0. The van der Waals surface area contributed by atoms with Gasteiger partial charge in [-0.25, -0.2) is 0 Å². The van der Waals surface area contributed by atoms with Crippen LogP contribution >= 0.6 is 0 Å². The summed E-state index contributed by atoms with van der Waals surface area (Å²) in [6.45, 7) is 0. The highest BCUT2D eigenvalue weighted by Gasteiger charge is 1.98. The van der Waals surface area contributed by atoms with Gasteiger partial charge in [0.25, 0.3) is 0 Å². The number of nitrogens with zero attached hydrogens (tertiary/aromatic N) is 3. The van der Waals surface area contributed by atoms with Crippen LogP contribution in [0.1, 0.15) is 5.69 Å². The van der Waals surface area contributed by atoms with Crippen molar-refractivity contribution in [3.8, 4) is 6.07 Å². The topological polar surface area (TPSA) is 63.6 Å². The van der Waals surface area contributed by atoms with Crippen molar-refractivity contribution in [1.82, 2.24) is 4.98 Å². The molecule has 0 radical (unpaired) electrons. The first kappa shape index (κ1) is 5.51. The molecule has 0 aliphatic heterocycles. The molecule has 1 heterocycles. The highest BCUT2D eigenvalue weighted by Crippen LogP contribution is 1.80. The van der Waals surface area contributed by atoms with E-state index < -0.39 is 0 Å². The molecule has 1 rings (SSSR count). The van der Waals surface area contributed by atoms with Crippen molar-refractivity contribution in [2.45, 2.75) is 0 Å². The Hall–Kier alpha value is -1.63. The Bertz CT molecular complexity index is 253. The standard InChI is InChI=1S/C5H3N3O/c6-3-5-4-7-1-2-8(5)9/h1-2,4H. The summed E-state index contributed by atoms with van der Waals surface area (Å²) in [7, 11) is 0. The van der Waals surface area contributed by atoms with E-state index in [4.69, 9.17) is 5.26 Å². The Morgan fingerprint density at radius 2 is 2.56 bits per heavy atom. The molecule has 0 aliphatic carbocycles. The SMILES string of the molecule is N#Cc1cncc[n+]1[O-]. The van der Waals surface area contributed by atoms with E-state index in [-0.39, 0.29) is 5.69 Å². The molecule has 1 aromatic heterocycles. The molecule has 0 aromatic carbocycles. The fourth-order valence-electron chi connectivity index (χ4n) is 0.428. The van der Waals surface area contributed by atoms with Crippen LogP contribution in [-0.2, 0) is 0 Å². The van der Waals surface area contributed by atoms with E-state index in [1.54, 1.807) is 6.07 Å². The third-order valence-electron chi connectivity index (χ3n) is 0.837. The van der Waals surface area contributed by atoms with Crippen molar-refractivity contribution in [3.05, 3.63) is 29.5 Å². The second kappa shape index (κ2) is 2.09. The minimum atomic E-state index is 0.0116. The highest BCUT2D eigenvalue weighted by molar-refractivity contribution is 5.08. The third kappa shape index (κ3) is 0.941. The minimum absolute atomic E-state index is 0.0116. The lowest BCUT2D eigenvalue weighted by atomic mass is 10.5. The molecule has 44 valence electrons. The van der Waals surface area contributed by atoms with E-state index in [2.05, 4.69) is 4.98 Å². The van der Waals surface area contributed by atoms with Gasteiger partial charge in [-0.15, -0.1) is 0 Å². The molecule has 4 nitrogen and oxygen atoms in total. The Morgan fingerprint density at radius 1 is 1.78 bits per heavy atom. The number of hydrogen-bond donors (Lipinski definition) is 0. The maximum absolute atomic E-state index is 10.5. The van der Waals surface area contributed by atoms with Gasteiger partial charge in [-0.1, -0.05) is 0 Å². The van der Waals surface area contributed by atoms with E-state index in [0.717, 1.165) is 0 Å². The molecule has 0 amide bonds. The van der Waals surface area contributed by atoms with Crippen LogP contribution in [0.2, 0.25) is 0 Å². The Balaban J connectivity index is 3.20. The lowest BCUT2D eigenvalue weighted by Gasteiger charge is -1.92. The van der Waals surface area contributed by atoms with Gasteiger partial charge in [0.1, 0.15) is 6.20 Å².